The molecular formula is C23H25N8O2+. The lowest BCUT2D eigenvalue weighted by molar-refractivity contribution is -0.555. The lowest BCUT2D eigenvalue weighted by Crippen LogP contribution is -2.72. The van der Waals surface area contributed by atoms with Crippen LogP contribution in [0, 0.1) is 5.41 Å². The zero-order valence-electron chi connectivity index (χ0n) is 18.5. The summed E-state index contributed by atoms with van der Waals surface area (Å²) < 4.78 is 5.10. The van der Waals surface area contributed by atoms with E-state index in [2.05, 4.69) is 24.9 Å². The molecular weight excluding hydrogens is 420 g/mol. The Labute approximate surface area is 190 Å². The summed E-state index contributed by atoms with van der Waals surface area (Å²) in [6.45, 7) is 1.62. The number of methoxy groups -OCH3 is 1. The van der Waals surface area contributed by atoms with Crippen LogP contribution in [0.5, 0.6) is 5.88 Å². The predicted octanol–water partition coefficient (Wildman–Crippen LogP) is 1.45. The highest BCUT2D eigenvalue weighted by atomic mass is 16.5. The minimum absolute atomic E-state index is 0.0309. The summed E-state index contributed by atoms with van der Waals surface area (Å²) in [6.07, 6.45) is 8.17. The molecule has 1 unspecified atom stereocenters. The molecule has 0 aliphatic carbocycles. The van der Waals surface area contributed by atoms with Crippen LogP contribution in [-0.2, 0) is 5.60 Å². The number of hydrogen-bond donors (Lipinski definition) is 5. The van der Waals surface area contributed by atoms with Crippen LogP contribution in [0.1, 0.15) is 23.7 Å². The van der Waals surface area contributed by atoms with Gasteiger partial charge in [0.15, 0.2) is 0 Å². The fourth-order valence-corrected chi connectivity index (χ4v) is 3.57. The number of pyridine rings is 2. The van der Waals surface area contributed by atoms with Crippen molar-refractivity contribution in [1.29, 1.82) is 5.41 Å². The molecule has 10 heteroatoms. The van der Waals surface area contributed by atoms with E-state index in [-0.39, 0.29) is 5.95 Å². The molecule has 33 heavy (non-hydrogen) atoms. The third-order valence-corrected chi connectivity index (χ3v) is 5.39. The first-order valence-electron chi connectivity index (χ1n) is 10.2. The zero-order chi connectivity index (χ0) is 23.6. The first-order valence-corrected chi connectivity index (χ1v) is 10.2. The van der Waals surface area contributed by atoms with Gasteiger partial charge in [-0.2, -0.15) is 0 Å². The molecule has 4 heterocycles. The normalized spacial score (nSPS) is 13.6. The molecule has 4 aromatic heterocycles. The number of aliphatic hydroxyl groups is 1. The molecule has 0 saturated carbocycles. The number of hydrogen-bond acceptors (Lipinski definition) is 8. The van der Waals surface area contributed by atoms with Crippen molar-refractivity contribution >= 4 is 28.8 Å². The molecule has 0 spiro atoms. The van der Waals surface area contributed by atoms with Crippen LogP contribution in [0.25, 0.3) is 27.9 Å². The van der Waals surface area contributed by atoms with E-state index in [9.17, 15) is 5.11 Å². The molecule has 0 radical (unpaired) electrons. The summed E-state index contributed by atoms with van der Waals surface area (Å²) in [4.78, 5) is 20.5. The standard InChI is InChI=1S/C23H24N8O2/c1-23(32,15-4-5-20(33-3)27-11-15)19-7-18(30-22(25)31-19)17-12-29-21-16(17)6-13(10-28-21)14(8-24)9-26-2/h4-12,24,26,32H,1-3H3,(H,28,29)(H2,25,30,31)/p+1. The molecule has 0 aliphatic heterocycles. The zero-order valence-corrected chi connectivity index (χ0v) is 18.5. The van der Waals surface area contributed by atoms with E-state index in [1.54, 1.807) is 37.5 Å². The third-order valence-electron chi connectivity index (χ3n) is 5.39. The number of anilines is 1. The molecule has 0 amide bonds. The number of nitrogens with two attached hydrogens (primary N) is 2. The summed E-state index contributed by atoms with van der Waals surface area (Å²) in [5.74, 6) is 0.474. The number of allylic oxidation sites excluding steroid dienone is 1. The van der Waals surface area contributed by atoms with Crippen molar-refractivity contribution in [2.75, 3.05) is 19.9 Å². The van der Waals surface area contributed by atoms with Crippen molar-refractivity contribution in [2.45, 2.75) is 12.5 Å². The SMILES string of the molecule is C[NH2+]C=C(C=N)c1cnc2[nH]cc(-c3cc(C(C)(O)c4ccc(OC)nc4)nc(N)n3)c2c1. The van der Waals surface area contributed by atoms with Gasteiger partial charge in [-0.1, -0.05) is 0 Å². The molecule has 10 nitrogen and oxygen atoms in total. The Bertz CT molecular complexity index is 1340. The van der Waals surface area contributed by atoms with Crippen molar-refractivity contribution in [1.82, 2.24) is 24.9 Å². The summed E-state index contributed by atoms with van der Waals surface area (Å²) in [5.41, 5.74) is 8.92. The Kier molecular flexibility index (Phi) is 5.86. The molecule has 4 aromatic rings. The number of ether oxygens (including phenoxy) is 1. The Morgan fingerprint density at radius 3 is 2.73 bits per heavy atom. The number of fused-ring (bicyclic) bond motifs is 1. The number of rotatable bonds is 7. The Morgan fingerprint density at radius 1 is 1.24 bits per heavy atom. The van der Waals surface area contributed by atoms with Crippen molar-refractivity contribution in [3.63, 3.8) is 0 Å². The van der Waals surface area contributed by atoms with Crippen LogP contribution in [0.4, 0.5) is 5.95 Å². The topological polar surface area (TPSA) is 163 Å². The minimum Gasteiger partial charge on any atom is -0.481 e. The van der Waals surface area contributed by atoms with Gasteiger partial charge in [0.1, 0.15) is 17.4 Å². The highest BCUT2D eigenvalue weighted by Crippen LogP contribution is 2.33. The van der Waals surface area contributed by atoms with Gasteiger partial charge in [0.2, 0.25) is 11.8 Å². The number of aromatic amines is 1. The van der Waals surface area contributed by atoms with Crippen LogP contribution in [0.2, 0.25) is 0 Å². The minimum atomic E-state index is -1.46. The number of aromatic nitrogens is 5. The Balaban J connectivity index is 1.82. The van der Waals surface area contributed by atoms with E-state index in [1.807, 2.05) is 24.6 Å². The van der Waals surface area contributed by atoms with Crippen LogP contribution >= 0.6 is 0 Å². The summed E-state index contributed by atoms with van der Waals surface area (Å²) >= 11 is 0. The molecule has 0 fully saturated rings. The van der Waals surface area contributed by atoms with Gasteiger partial charge in [-0.15, -0.1) is 0 Å². The smallest absolute Gasteiger partial charge is 0.220 e. The van der Waals surface area contributed by atoms with Gasteiger partial charge >= 0.3 is 0 Å². The van der Waals surface area contributed by atoms with Crippen LogP contribution in [0.3, 0.4) is 0 Å². The summed E-state index contributed by atoms with van der Waals surface area (Å²) in [6, 6.07) is 7.03. The van der Waals surface area contributed by atoms with Gasteiger partial charge in [0.25, 0.3) is 0 Å². The van der Waals surface area contributed by atoms with E-state index in [0.717, 1.165) is 22.1 Å². The van der Waals surface area contributed by atoms with Crippen molar-refractivity contribution in [3.05, 3.63) is 65.9 Å². The van der Waals surface area contributed by atoms with Crippen molar-refractivity contribution in [2.24, 2.45) is 0 Å². The van der Waals surface area contributed by atoms with E-state index in [0.29, 0.717) is 28.5 Å². The highest BCUT2D eigenvalue weighted by Gasteiger charge is 2.29. The second kappa shape index (κ2) is 8.77. The molecule has 7 N–H and O–H groups in total. The quantitative estimate of drug-likeness (QED) is 0.269. The van der Waals surface area contributed by atoms with E-state index in [1.165, 1.54) is 19.5 Å². The summed E-state index contributed by atoms with van der Waals surface area (Å²) in [7, 11) is 3.42. The molecule has 0 saturated heterocycles. The van der Waals surface area contributed by atoms with E-state index < -0.39 is 5.60 Å². The fraction of sp³-hybridized carbons (Fsp3) is 0.174. The molecule has 1 atom stereocenters. The maximum atomic E-state index is 11.3. The number of quaternary nitrogens is 1. The van der Waals surface area contributed by atoms with Gasteiger partial charge in [-0.05, 0) is 25.1 Å². The second-order valence-electron chi connectivity index (χ2n) is 7.58. The largest absolute Gasteiger partial charge is 0.481 e. The van der Waals surface area contributed by atoms with Crippen LogP contribution < -0.4 is 15.8 Å². The molecule has 0 aliphatic rings. The van der Waals surface area contributed by atoms with Crippen LogP contribution in [-0.4, -0.2) is 50.4 Å². The van der Waals surface area contributed by atoms with E-state index >= 15 is 0 Å². The van der Waals surface area contributed by atoms with Gasteiger partial charge in [-0.25, -0.2) is 19.9 Å². The number of H-pyrrole nitrogens is 1. The van der Waals surface area contributed by atoms with Gasteiger partial charge < -0.3 is 31.3 Å². The Morgan fingerprint density at radius 2 is 2.06 bits per heavy atom. The number of nitrogens with zero attached hydrogens (tertiary/aromatic N) is 4. The second-order valence-corrected chi connectivity index (χ2v) is 7.58. The number of nitrogen functional groups attached to an aromatic ring is 1. The summed E-state index contributed by atoms with van der Waals surface area (Å²) in [5, 5.41) is 21.7. The fourth-order valence-electron chi connectivity index (χ4n) is 3.57. The van der Waals surface area contributed by atoms with Gasteiger partial charge in [0, 0.05) is 52.9 Å². The monoisotopic (exact) mass is 445 g/mol. The first-order chi connectivity index (χ1) is 15.9. The average Bonchev–Trinajstić information content (AvgIpc) is 3.25. The molecule has 0 aromatic carbocycles. The van der Waals surface area contributed by atoms with E-state index in [4.69, 9.17) is 15.9 Å². The van der Waals surface area contributed by atoms with Crippen molar-refractivity contribution < 1.29 is 15.2 Å². The predicted molar refractivity (Wildman–Crippen MR) is 126 cm³/mol. The van der Waals surface area contributed by atoms with Gasteiger partial charge in [0.05, 0.1) is 31.1 Å². The van der Waals surface area contributed by atoms with Crippen LogP contribution in [0.15, 0.2) is 49.1 Å². The lowest BCUT2D eigenvalue weighted by atomic mass is 9.92. The third kappa shape index (κ3) is 4.16. The highest BCUT2D eigenvalue weighted by molar-refractivity contribution is 6.09. The maximum Gasteiger partial charge on any atom is 0.220 e. The lowest BCUT2D eigenvalue weighted by Gasteiger charge is -2.23. The van der Waals surface area contributed by atoms with Gasteiger partial charge in [-0.3, -0.25) is 0 Å². The average molecular weight is 446 g/mol. The number of nitrogens with one attached hydrogen (secondary N) is 2. The van der Waals surface area contributed by atoms with Crippen molar-refractivity contribution in [3.8, 4) is 17.1 Å². The molecule has 168 valence electrons. The first kappa shape index (κ1) is 22.1. The maximum absolute atomic E-state index is 11.3. The Hall–Kier alpha value is -4.15. The molecule has 4 rings (SSSR count). The molecule has 0 bridgehead atoms.